The van der Waals surface area contributed by atoms with Crippen LogP contribution in [-0.2, 0) is 14.3 Å². The molecule has 1 amide bonds. The molecule has 0 unspecified atom stereocenters. The summed E-state index contributed by atoms with van der Waals surface area (Å²) in [6, 6.07) is 0. The van der Waals surface area contributed by atoms with Gasteiger partial charge in [0.15, 0.2) is 0 Å². The highest BCUT2D eigenvalue weighted by Gasteiger charge is 2.59. The van der Waals surface area contributed by atoms with Crippen LogP contribution in [0, 0.1) is 23.2 Å². The van der Waals surface area contributed by atoms with Crippen LogP contribution in [0.3, 0.4) is 0 Å². The van der Waals surface area contributed by atoms with Crippen molar-refractivity contribution in [1.29, 1.82) is 0 Å². The third-order valence-electron chi connectivity index (χ3n) is 7.84. The summed E-state index contributed by atoms with van der Waals surface area (Å²) in [5, 5.41) is 11.4. The van der Waals surface area contributed by atoms with Crippen molar-refractivity contribution in [3.8, 4) is 0 Å². The molecule has 4 rings (SSSR count). The maximum absolute atomic E-state index is 12.7. The highest BCUT2D eigenvalue weighted by atomic mass is 16.6. The molecule has 3 fully saturated rings. The zero-order chi connectivity index (χ0) is 19.3. The number of carbonyl (C=O) groups excluding carboxylic acids is 2. The molecule has 2 aliphatic heterocycles. The first-order chi connectivity index (χ1) is 12.8. The lowest BCUT2D eigenvalue weighted by molar-refractivity contribution is -0.145. The van der Waals surface area contributed by atoms with Gasteiger partial charge in [0.2, 0.25) is 5.91 Å². The van der Waals surface area contributed by atoms with Crippen LogP contribution >= 0.6 is 0 Å². The normalized spacial score (nSPS) is 42.2. The number of nitrogens with zero attached hydrogens (tertiary/aromatic N) is 2. The Labute approximate surface area is 161 Å². The minimum atomic E-state index is -0.548. The predicted molar refractivity (Wildman–Crippen MR) is 101 cm³/mol. The smallest absolute Gasteiger partial charge is 0.311 e. The van der Waals surface area contributed by atoms with E-state index in [1.54, 1.807) is 6.92 Å². The van der Waals surface area contributed by atoms with E-state index in [1.165, 1.54) is 5.57 Å². The molecule has 6 atom stereocenters. The number of ether oxygens (including phenoxy) is 1. The number of rotatable bonds is 2. The van der Waals surface area contributed by atoms with Crippen LogP contribution in [0.4, 0.5) is 0 Å². The number of allylic oxidation sites excluding steroid dienone is 1. The second kappa shape index (κ2) is 6.89. The summed E-state index contributed by atoms with van der Waals surface area (Å²) in [6.07, 6.45) is 4.42. The standard InChI is InChI=1S/C21H32N2O4/c1-13-5-4-6-15-11-17-18(19(25)21(13,15)3)16(20(26)27-17)12-22-7-9-23(10-8-22)14(2)24/h6,13,16-19,25H,4-5,7-12H2,1-3H3/t13-,16+,17-,18-,19+,21-/m1/s1. The van der Waals surface area contributed by atoms with Crippen LogP contribution in [0.5, 0.6) is 0 Å². The van der Waals surface area contributed by atoms with Gasteiger partial charge in [-0.05, 0) is 18.8 Å². The Morgan fingerprint density at radius 2 is 2.04 bits per heavy atom. The van der Waals surface area contributed by atoms with Crippen LogP contribution in [-0.4, -0.2) is 71.7 Å². The fourth-order valence-electron chi connectivity index (χ4n) is 5.80. The van der Waals surface area contributed by atoms with Crippen molar-refractivity contribution >= 4 is 11.9 Å². The first-order valence-corrected chi connectivity index (χ1v) is 10.4. The highest BCUT2D eigenvalue weighted by Crippen LogP contribution is 2.56. The molecule has 2 saturated heterocycles. The van der Waals surface area contributed by atoms with Crippen molar-refractivity contribution in [3.05, 3.63) is 11.6 Å². The molecule has 0 aromatic rings. The maximum atomic E-state index is 12.7. The van der Waals surface area contributed by atoms with Gasteiger partial charge in [0.05, 0.1) is 12.0 Å². The van der Waals surface area contributed by atoms with Gasteiger partial charge in [-0.3, -0.25) is 14.5 Å². The number of hydrogen-bond donors (Lipinski definition) is 1. The molecule has 6 heteroatoms. The zero-order valence-corrected chi connectivity index (χ0v) is 16.7. The SMILES string of the molecule is CC(=O)N1CCN(C[C@@H]2C(=O)O[C@@H]3CC4=CCC[C@@H](C)[C@@]4(C)[C@@H](O)[C@H]23)CC1. The van der Waals surface area contributed by atoms with Gasteiger partial charge >= 0.3 is 5.97 Å². The summed E-state index contributed by atoms with van der Waals surface area (Å²) in [5.74, 6) is -0.0545. The molecule has 4 aliphatic rings. The Morgan fingerprint density at radius 3 is 2.70 bits per heavy atom. The Bertz CT molecular complexity index is 655. The molecule has 0 aromatic carbocycles. The molecular formula is C21H32N2O4. The van der Waals surface area contributed by atoms with Gasteiger partial charge in [0, 0.05) is 57.4 Å². The van der Waals surface area contributed by atoms with Crippen molar-refractivity contribution in [2.75, 3.05) is 32.7 Å². The quantitative estimate of drug-likeness (QED) is 0.583. The average molecular weight is 376 g/mol. The van der Waals surface area contributed by atoms with Gasteiger partial charge in [-0.1, -0.05) is 25.5 Å². The Hall–Kier alpha value is -1.40. The summed E-state index contributed by atoms with van der Waals surface area (Å²) in [6.45, 7) is 9.58. The molecule has 0 bridgehead atoms. The van der Waals surface area contributed by atoms with Crippen LogP contribution in [0.1, 0.15) is 40.0 Å². The lowest BCUT2D eigenvalue weighted by atomic mass is 9.55. The van der Waals surface area contributed by atoms with Gasteiger partial charge in [-0.2, -0.15) is 0 Å². The number of esters is 1. The summed E-state index contributed by atoms with van der Waals surface area (Å²) in [7, 11) is 0. The summed E-state index contributed by atoms with van der Waals surface area (Å²) in [5.41, 5.74) is 1.03. The van der Waals surface area contributed by atoms with Crippen LogP contribution < -0.4 is 0 Å². The number of aliphatic hydroxyl groups is 1. The van der Waals surface area contributed by atoms with Gasteiger partial charge in [0.1, 0.15) is 6.10 Å². The first-order valence-electron chi connectivity index (χ1n) is 10.4. The van der Waals surface area contributed by atoms with E-state index in [4.69, 9.17) is 4.74 Å². The molecular weight excluding hydrogens is 344 g/mol. The van der Waals surface area contributed by atoms with Crippen molar-refractivity contribution in [2.24, 2.45) is 23.2 Å². The minimum Gasteiger partial charge on any atom is -0.461 e. The number of hydrogen-bond acceptors (Lipinski definition) is 5. The second-order valence-corrected chi connectivity index (χ2v) is 9.11. The Morgan fingerprint density at radius 1 is 1.33 bits per heavy atom. The fourth-order valence-corrected chi connectivity index (χ4v) is 5.80. The Kier molecular flexibility index (Phi) is 4.83. The highest BCUT2D eigenvalue weighted by molar-refractivity contribution is 5.76. The lowest BCUT2D eigenvalue weighted by Crippen LogP contribution is -2.55. The third kappa shape index (κ3) is 3.01. The van der Waals surface area contributed by atoms with E-state index in [0.717, 1.165) is 32.4 Å². The molecule has 2 heterocycles. The molecule has 27 heavy (non-hydrogen) atoms. The molecule has 2 aliphatic carbocycles. The van der Waals surface area contributed by atoms with Gasteiger partial charge in [-0.15, -0.1) is 0 Å². The average Bonchev–Trinajstić information content (AvgIpc) is 2.94. The van der Waals surface area contributed by atoms with E-state index in [1.807, 2.05) is 4.90 Å². The van der Waals surface area contributed by atoms with Gasteiger partial charge in [0.25, 0.3) is 0 Å². The van der Waals surface area contributed by atoms with E-state index in [9.17, 15) is 14.7 Å². The second-order valence-electron chi connectivity index (χ2n) is 9.11. The van der Waals surface area contributed by atoms with Crippen molar-refractivity contribution in [1.82, 2.24) is 9.80 Å². The fraction of sp³-hybridized carbons (Fsp3) is 0.810. The van der Waals surface area contributed by atoms with Crippen molar-refractivity contribution in [2.45, 2.75) is 52.2 Å². The van der Waals surface area contributed by atoms with Gasteiger partial charge < -0.3 is 14.7 Å². The molecule has 0 spiro atoms. The largest absolute Gasteiger partial charge is 0.461 e. The van der Waals surface area contributed by atoms with Crippen LogP contribution in [0.15, 0.2) is 11.6 Å². The van der Waals surface area contributed by atoms with E-state index >= 15 is 0 Å². The number of piperazine rings is 1. The zero-order valence-electron chi connectivity index (χ0n) is 16.7. The number of carbonyl (C=O) groups is 2. The molecule has 0 radical (unpaired) electrons. The summed E-state index contributed by atoms with van der Waals surface area (Å²) < 4.78 is 5.75. The molecule has 1 saturated carbocycles. The number of fused-ring (bicyclic) bond motifs is 2. The van der Waals surface area contributed by atoms with Crippen molar-refractivity contribution in [3.63, 3.8) is 0 Å². The predicted octanol–water partition coefficient (Wildman–Crippen LogP) is 1.44. The minimum absolute atomic E-state index is 0.108. The van der Waals surface area contributed by atoms with Crippen molar-refractivity contribution < 1.29 is 19.4 Å². The van der Waals surface area contributed by atoms with Crippen LogP contribution in [0.25, 0.3) is 0 Å². The topological polar surface area (TPSA) is 70.1 Å². The van der Waals surface area contributed by atoms with E-state index in [2.05, 4.69) is 24.8 Å². The number of aliphatic hydroxyl groups excluding tert-OH is 1. The molecule has 0 aromatic heterocycles. The van der Waals surface area contributed by atoms with E-state index < -0.39 is 6.10 Å². The van der Waals surface area contributed by atoms with E-state index in [0.29, 0.717) is 25.6 Å². The lowest BCUT2D eigenvalue weighted by Gasteiger charge is -2.52. The maximum Gasteiger partial charge on any atom is 0.311 e. The number of amides is 1. The molecule has 6 nitrogen and oxygen atoms in total. The van der Waals surface area contributed by atoms with E-state index in [-0.39, 0.29) is 35.2 Å². The summed E-state index contributed by atoms with van der Waals surface area (Å²) >= 11 is 0. The monoisotopic (exact) mass is 376 g/mol. The van der Waals surface area contributed by atoms with Crippen LogP contribution in [0.2, 0.25) is 0 Å². The third-order valence-corrected chi connectivity index (χ3v) is 7.84. The summed E-state index contributed by atoms with van der Waals surface area (Å²) in [4.78, 5) is 28.3. The Balaban J connectivity index is 1.50. The molecule has 150 valence electrons. The first kappa shape index (κ1) is 18.9. The molecule has 1 N–H and O–H groups in total. The van der Waals surface area contributed by atoms with Gasteiger partial charge in [-0.25, -0.2) is 0 Å².